The summed E-state index contributed by atoms with van der Waals surface area (Å²) in [6.07, 6.45) is 4.50. The average molecular weight is 268 g/mol. The van der Waals surface area contributed by atoms with E-state index in [1.54, 1.807) is 11.0 Å². The van der Waals surface area contributed by atoms with Crippen molar-refractivity contribution >= 4 is 12.0 Å². The molecule has 0 spiro atoms. The second-order valence-corrected chi connectivity index (χ2v) is 5.35. The smallest absolute Gasteiger partial charge is 0.329 e. The van der Waals surface area contributed by atoms with Gasteiger partial charge in [-0.3, -0.25) is 0 Å². The van der Waals surface area contributed by atoms with Gasteiger partial charge in [-0.1, -0.05) is 25.8 Å². The fourth-order valence-electron chi connectivity index (χ4n) is 2.71. The molecule has 2 amide bonds. The van der Waals surface area contributed by atoms with Crippen molar-refractivity contribution in [1.29, 1.82) is 0 Å². The number of carbonyl (C=O) groups is 2. The maximum absolute atomic E-state index is 12.2. The first kappa shape index (κ1) is 15.5. The van der Waals surface area contributed by atoms with Gasteiger partial charge in [0.2, 0.25) is 0 Å². The van der Waals surface area contributed by atoms with E-state index in [-0.39, 0.29) is 6.03 Å². The summed E-state index contributed by atoms with van der Waals surface area (Å²) in [6, 6.07) is -0.320. The Balaban J connectivity index is 2.81. The van der Waals surface area contributed by atoms with Crippen molar-refractivity contribution in [3.05, 3.63) is 12.7 Å². The lowest BCUT2D eigenvalue weighted by Gasteiger charge is -2.38. The molecule has 0 radical (unpaired) electrons. The first-order valence-corrected chi connectivity index (χ1v) is 6.86. The van der Waals surface area contributed by atoms with E-state index in [0.717, 1.165) is 12.8 Å². The van der Waals surface area contributed by atoms with Crippen LogP contribution in [0.15, 0.2) is 12.7 Å². The van der Waals surface area contributed by atoms with Crippen LogP contribution < -0.4 is 5.32 Å². The maximum Gasteiger partial charge on any atom is 0.329 e. The van der Waals surface area contributed by atoms with Crippen LogP contribution in [0.4, 0.5) is 4.79 Å². The molecule has 0 aliphatic heterocycles. The molecule has 0 heterocycles. The number of likely N-dealkylation sites (N-methyl/N-ethyl adjacent to an activating group) is 1. The molecule has 0 aromatic rings. The van der Waals surface area contributed by atoms with E-state index < -0.39 is 11.5 Å². The molecule has 1 rings (SSSR count). The summed E-state index contributed by atoms with van der Waals surface area (Å²) >= 11 is 0. The van der Waals surface area contributed by atoms with Gasteiger partial charge in [0, 0.05) is 13.1 Å². The summed E-state index contributed by atoms with van der Waals surface area (Å²) in [5.41, 5.74) is -1.11. The zero-order chi connectivity index (χ0) is 14.5. The fraction of sp³-hybridized carbons (Fsp3) is 0.714. The van der Waals surface area contributed by atoms with Crippen LogP contribution in [0.2, 0.25) is 0 Å². The predicted octanol–water partition coefficient (Wildman–Crippen LogP) is 2.24. The summed E-state index contributed by atoms with van der Waals surface area (Å²) in [4.78, 5) is 25.3. The Hall–Kier alpha value is -1.52. The van der Waals surface area contributed by atoms with Crippen LogP contribution in [-0.4, -0.2) is 40.6 Å². The summed E-state index contributed by atoms with van der Waals surface area (Å²) in [5.74, 6) is -0.610. The molecule has 0 saturated heterocycles. The number of aliphatic carboxylic acids is 1. The van der Waals surface area contributed by atoms with Gasteiger partial charge in [-0.05, 0) is 25.7 Å². The second-order valence-electron chi connectivity index (χ2n) is 5.35. The largest absolute Gasteiger partial charge is 0.480 e. The van der Waals surface area contributed by atoms with Gasteiger partial charge in [0.1, 0.15) is 5.54 Å². The molecule has 2 atom stereocenters. The lowest BCUT2D eigenvalue weighted by molar-refractivity contribution is -0.146. The highest BCUT2D eigenvalue weighted by molar-refractivity contribution is 5.86. The van der Waals surface area contributed by atoms with Crippen molar-refractivity contribution in [2.45, 2.75) is 45.1 Å². The number of hydrogen-bond acceptors (Lipinski definition) is 2. The molecule has 1 saturated carbocycles. The minimum Gasteiger partial charge on any atom is -0.480 e. The molecular weight excluding hydrogens is 244 g/mol. The van der Waals surface area contributed by atoms with E-state index in [1.807, 2.05) is 13.8 Å². The summed E-state index contributed by atoms with van der Waals surface area (Å²) in [6.45, 7) is 8.45. The van der Waals surface area contributed by atoms with Gasteiger partial charge in [0.05, 0.1) is 0 Å². The normalized spacial score (nSPS) is 26.5. The van der Waals surface area contributed by atoms with Crippen LogP contribution >= 0.6 is 0 Å². The average Bonchev–Trinajstić information content (AvgIpc) is 2.35. The van der Waals surface area contributed by atoms with Crippen molar-refractivity contribution in [3.8, 4) is 0 Å². The topological polar surface area (TPSA) is 69.6 Å². The Labute approximate surface area is 114 Å². The van der Waals surface area contributed by atoms with E-state index >= 15 is 0 Å². The highest BCUT2D eigenvalue weighted by Crippen LogP contribution is 2.32. The number of nitrogens with zero attached hydrogens (tertiary/aromatic N) is 1. The molecule has 0 aromatic carbocycles. The summed E-state index contributed by atoms with van der Waals surface area (Å²) in [5, 5.41) is 12.2. The molecule has 108 valence electrons. The quantitative estimate of drug-likeness (QED) is 0.751. The summed E-state index contributed by atoms with van der Waals surface area (Å²) < 4.78 is 0. The minimum absolute atomic E-state index is 0.319. The summed E-state index contributed by atoms with van der Waals surface area (Å²) in [7, 11) is 0. The predicted molar refractivity (Wildman–Crippen MR) is 74.0 cm³/mol. The Morgan fingerprint density at radius 2 is 2.26 bits per heavy atom. The first-order valence-electron chi connectivity index (χ1n) is 6.86. The molecule has 5 heteroatoms. The monoisotopic (exact) mass is 268 g/mol. The number of carbonyl (C=O) groups excluding carboxylic acids is 1. The van der Waals surface area contributed by atoms with Crippen LogP contribution in [0.1, 0.15) is 39.5 Å². The highest BCUT2D eigenvalue weighted by atomic mass is 16.4. The Morgan fingerprint density at radius 1 is 1.58 bits per heavy atom. The Kier molecular flexibility index (Phi) is 5.39. The van der Waals surface area contributed by atoms with E-state index in [9.17, 15) is 14.7 Å². The van der Waals surface area contributed by atoms with Crippen molar-refractivity contribution in [2.24, 2.45) is 5.92 Å². The number of rotatable bonds is 5. The van der Waals surface area contributed by atoms with Crippen LogP contribution in [0.3, 0.4) is 0 Å². The van der Waals surface area contributed by atoms with Crippen molar-refractivity contribution in [3.63, 3.8) is 0 Å². The van der Waals surface area contributed by atoms with Crippen LogP contribution in [-0.2, 0) is 4.79 Å². The van der Waals surface area contributed by atoms with Crippen molar-refractivity contribution < 1.29 is 14.7 Å². The minimum atomic E-state index is -1.11. The maximum atomic E-state index is 12.2. The molecule has 2 N–H and O–H groups in total. The van der Waals surface area contributed by atoms with E-state index in [1.165, 1.54) is 0 Å². The lowest BCUT2D eigenvalue weighted by atomic mass is 9.76. The number of nitrogens with one attached hydrogen (secondary N) is 1. The van der Waals surface area contributed by atoms with Crippen LogP contribution in [0.5, 0.6) is 0 Å². The van der Waals surface area contributed by atoms with E-state index in [0.29, 0.717) is 31.8 Å². The van der Waals surface area contributed by atoms with Gasteiger partial charge >= 0.3 is 12.0 Å². The fourth-order valence-corrected chi connectivity index (χ4v) is 2.71. The Bertz CT molecular complexity index is 357. The molecule has 5 nitrogen and oxygen atoms in total. The second kappa shape index (κ2) is 6.59. The van der Waals surface area contributed by atoms with Gasteiger partial charge < -0.3 is 15.3 Å². The molecule has 1 fully saturated rings. The van der Waals surface area contributed by atoms with Crippen LogP contribution in [0, 0.1) is 5.92 Å². The number of urea groups is 1. The Morgan fingerprint density at radius 3 is 2.74 bits per heavy atom. The number of amides is 2. The number of carboxylic acid groups (broad SMARTS) is 1. The molecule has 0 bridgehead atoms. The van der Waals surface area contributed by atoms with Gasteiger partial charge in [-0.2, -0.15) is 0 Å². The van der Waals surface area contributed by atoms with Crippen LogP contribution in [0.25, 0.3) is 0 Å². The SMILES string of the molecule is C=CCN(CC)C(=O)NC1(C(=O)O)CCCC(C)C1. The molecule has 1 aliphatic rings. The molecule has 19 heavy (non-hydrogen) atoms. The standard InChI is InChI=1S/C14H24N2O3/c1-4-9-16(5-2)13(19)15-14(12(17)18)8-6-7-11(3)10-14/h4,11H,1,5-10H2,2-3H3,(H,15,19)(H,17,18). The molecule has 1 aliphatic carbocycles. The highest BCUT2D eigenvalue weighted by Gasteiger charge is 2.43. The molecule has 0 aromatic heterocycles. The van der Waals surface area contributed by atoms with Gasteiger partial charge in [-0.25, -0.2) is 9.59 Å². The third kappa shape index (κ3) is 3.72. The van der Waals surface area contributed by atoms with Gasteiger partial charge in [-0.15, -0.1) is 6.58 Å². The van der Waals surface area contributed by atoms with Gasteiger partial charge in [0.15, 0.2) is 0 Å². The first-order chi connectivity index (χ1) is 8.95. The van der Waals surface area contributed by atoms with Crippen molar-refractivity contribution in [1.82, 2.24) is 10.2 Å². The lowest BCUT2D eigenvalue weighted by Crippen LogP contribution is -2.59. The molecule has 2 unspecified atom stereocenters. The van der Waals surface area contributed by atoms with Gasteiger partial charge in [0.25, 0.3) is 0 Å². The third-order valence-corrected chi connectivity index (χ3v) is 3.77. The zero-order valence-corrected chi connectivity index (χ0v) is 11.8. The molecular formula is C14H24N2O3. The third-order valence-electron chi connectivity index (χ3n) is 3.77. The number of hydrogen-bond donors (Lipinski definition) is 2. The van der Waals surface area contributed by atoms with Crippen molar-refractivity contribution in [2.75, 3.05) is 13.1 Å². The van der Waals surface area contributed by atoms with E-state index in [4.69, 9.17) is 0 Å². The number of carboxylic acids is 1. The zero-order valence-electron chi connectivity index (χ0n) is 11.8. The van der Waals surface area contributed by atoms with E-state index in [2.05, 4.69) is 11.9 Å².